The number of carbonyl (C=O) groups is 1. The van der Waals surface area contributed by atoms with Crippen molar-refractivity contribution in [3.63, 3.8) is 0 Å². The molecule has 1 amide bonds. The molecule has 4 aromatic rings. The average Bonchev–Trinajstić information content (AvgIpc) is 3.59. The maximum absolute atomic E-state index is 12.4. The van der Waals surface area contributed by atoms with Gasteiger partial charge in [-0.05, 0) is 55.7 Å². The first kappa shape index (κ1) is 24.2. The number of aromatic hydroxyl groups is 1. The van der Waals surface area contributed by atoms with Crippen LogP contribution in [0.3, 0.4) is 0 Å². The Morgan fingerprint density at radius 2 is 1.92 bits per heavy atom. The van der Waals surface area contributed by atoms with E-state index in [4.69, 9.17) is 11.6 Å². The van der Waals surface area contributed by atoms with Crippen LogP contribution in [0, 0.1) is 6.92 Å². The minimum atomic E-state index is -0.197. The van der Waals surface area contributed by atoms with Gasteiger partial charge in [-0.1, -0.05) is 17.7 Å². The highest BCUT2D eigenvalue weighted by Gasteiger charge is 2.43. The van der Waals surface area contributed by atoms with Gasteiger partial charge in [0.1, 0.15) is 17.3 Å². The molecule has 194 valence electrons. The smallest absolute Gasteiger partial charge is 0.332 e. The van der Waals surface area contributed by atoms with Crippen molar-refractivity contribution in [3.05, 3.63) is 76.2 Å². The Morgan fingerprint density at radius 3 is 2.63 bits per heavy atom. The molecule has 0 saturated carbocycles. The third-order valence-corrected chi connectivity index (χ3v) is 7.82. The van der Waals surface area contributed by atoms with Crippen LogP contribution < -0.4 is 15.9 Å². The summed E-state index contributed by atoms with van der Waals surface area (Å²) in [6.07, 6.45) is 7.35. The van der Waals surface area contributed by atoms with Crippen molar-refractivity contribution >= 4 is 23.3 Å². The summed E-state index contributed by atoms with van der Waals surface area (Å²) in [5.41, 5.74) is 3.41. The summed E-state index contributed by atoms with van der Waals surface area (Å²) >= 11 is 6.59. The normalized spacial score (nSPS) is 18.9. The number of hydrogen-bond donors (Lipinski definition) is 2. The van der Waals surface area contributed by atoms with Crippen molar-refractivity contribution in [3.8, 4) is 33.8 Å². The predicted octanol–water partition coefficient (Wildman–Crippen LogP) is 3.83. The van der Waals surface area contributed by atoms with Gasteiger partial charge in [-0.3, -0.25) is 9.36 Å². The lowest BCUT2D eigenvalue weighted by molar-refractivity contribution is -0.119. The van der Waals surface area contributed by atoms with Gasteiger partial charge in [0.15, 0.2) is 0 Å². The standard InChI is InChI=1S/C28H27ClN6O3/c1-17-13-20(18-3-4-22(21(29)14-18)35-12-11-33(2)27(35)38)26(37)25(31-17)19-6-9-30-23(15-19)34-10-8-28(16-34)7-5-24(36)32-28/h3-4,6,9,11-15,37H,5,7-8,10,16H2,1-2H3,(H,32,36). The van der Waals surface area contributed by atoms with Crippen LogP contribution in [0.5, 0.6) is 5.75 Å². The van der Waals surface area contributed by atoms with Crippen LogP contribution in [0.25, 0.3) is 28.1 Å². The van der Waals surface area contributed by atoms with Crippen molar-refractivity contribution in [1.82, 2.24) is 24.4 Å². The molecule has 0 aliphatic carbocycles. The van der Waals surface area contributed by atoms with Crippen molar-refractivity contribution in [2.45, 2.75) is 31.7 Å². The molecule has 2 N–H and O–H groups in total. The van der Waals surface area contributed by atoms with Gasteiger partial charge in [-0.15, -0.1) is 0 Å². The minimum absolute atomic E-state index is 0.0365. The number of anilines is 1. The lowest BCUT2D eigenvalue weighted by Gasteiger charge is -2.24. The Labute approximate surface area is 224 Å². The molecule has 2 aliphatic heterocycles. The number of nitrogens with one attached hydrogen (secondary N) is 1. The third-order valence-electron chi connectivity index (χ3n) is 7.52. The number of rotatable bonds is 4. The fraction of sp³-hybridized carbons (Fsp3) is 0.286. The molecule has 0 bridgehead atoms. The molecule has 38 heavy (non-hydrogen) atoms. The Kier molecular flexibility index (Phi) is 5.75. The summed E-state index contributed by atoms with van der Waals surface area (Å²) in [5, 5.41) is 14.9. The predicted molar refractivity (Wildman–Crippen MR) is 146 cm³/mol. The Bertz CT molecular complexity index is 1640. The van der Waals surface area contributed by atoms with Crippen LogP contribution in [0.2, 0.25) is 5.02 Å². The van der Waals surface area contributed by atoms with E-state index in [1.807, 2.05) is 31.2 Å². The number of imidazole rings is 1. The summed E-state index contributed by atoms with van der Waals surface area (Å²) in [6.45, 7) is 3.38. The molecule has 0 radical (unpaired) electrons. The molecular weight excluding hydrogens is 504 g/mol. The summed E-state index contributed by atoms with van der Waals surface area (Å²) in [4.78, 5) is 35.6. The Morgan fingerprint density at radius 1 is 1.08 bits per heavy atom. The summed E-state index contributed by atoms with van der Waals surface area (Å²) in [5.74, 6) is 0.929. The highest BCUT2D eigenvalue weighted by molar-refractivity contribution is 6.32. The molecule has 3 aromatic heterocycles. The number of amides is 1. The van der Waals surface area contributed by atoms with Gasteiger partial charge in [-0.25, -0.2) is 14.8 Å². The number of carbonyl (C=O) groups excluding carboxylic acids is 1. The highest BCUT2D eigenvalue weighted by atomic mass is 35.5. The van der Waals surface area contributed by atoms with Crippen molar-refractivity contribution in [1.29, 1.82) is 0 Å². The van der Waals surface area contributed by atoms with Crippen molar-refractivity contribution in [2.75, 3.05) is 18.0 Å². The van der Waals surface area contributed by atoms with Gasteiger partial charge in [0, 0.05) is 62.0 Å². The molecule has 9 nitrogen and oxygen atoms in total. The third kappa shape index (κ3) is 4.12. The minimum Gasteiger partial charge on any atom is -0.505 e. The van der Waals surface area contributed by atoms with Crippen LogP contribution in [0.4, 0.5) is 5.82 Å². The topological polar surface area (TPSA) is 105 Å². The molecule has 2 saturated heterocycles. The summed E-state index contributed by atoms with van der Waals surface area (Å²) in [7, 11) is 1.68. The molecule has 1 aromatic carbocycles. The first-order valence-electron chi connectivity index (χ1n) is 12.5. The Balaban J connectivity index is 1.34. The second kappa shape index (κ2) is 9.02. The van der Waals surface area contributed by atoms with Crippen molar-refractivity contribution in [2.24, 2.45) is 7.05 Å². The van der Waals surface area contributed by atoms with Gasteiger partial charge < -0.3 is 19.9 Å². The first-order chi connectivity index (χ1) is 18.2. The zero-order valence-corrected chi connectivity index (χ0v) is 21.9. The van der Waals surface area contributed by atoms with Gasteiger partial charge in [0.2, 0.25) is 5.91 Å². The monoisotopic (exact) mass is 530 g/mol. The van der Waals surface area contributed by atoms with E-state index in [2.05, 4.69) is 20.2 Å². The van der Waals surface area contributed by atoms with E-state index >= 15 is 0 Å². The van der Waals surface area contributed by atoms with E-state index in [9.17, 15) is 14.7 Å². The number of pyridine rings is 2. The second-order valence-corrected chi connectivity index (χ2v) is 10.5. The number of hydrogen-bond acceptors (Lipinski definition) is 6. The molecule has 1 unspecified atom stereocenters. The van der Waals surface area contributed by atoms with E-state index in [-0.39, 0.29) is 22.9 Å². The number of benzene rings is 1. The van der Waals surface area contributed by atoms with Crippen molar-refractivity contribution < 1.29 is 9.90 Å². The zero-order chi connectivity index (χ0) is 26.6. The van der Waals surface area contributed by atoms with Crippen LogP contribution in [0.15, 0.2) is 59.8 Å². The van der Waals surface area contributed by atoms with E-state index in [1.54, 1.807) is 37.8 Å². The molecule has 1 spiro atoms. The molecular formula is C28H27ClN6O3. The van der Waals surface area contributed by atoms with Crippen LogP contribution in [-0.4, -0.2) is 48.7 Å². The molecule has 10 heteroatoms. The fourth-order valence-corrected chi connectivity index (χ4v) is 5.76. The lowest BCUT2D eigenvalue weighted by atomic mass is 9.97. The maximum atomic E-state index is 12.4. The number of halogens is 1. The molecule has 2 aliphatic rings. The highest BCUT2D eigenvalue weighted by Crippen LogP contribution is 2.40. The summed E-state index contributed by atoms with van der Waals surface area (Å²) in [6, 6.07) is 10.9. The SMILES string of the molecule is Cc1cc(-c2ccc(-n3ccn(C)c3=O)c(Cl)c2)c(O)c(-c2ccnc(N3CCC4(CCC(=O)N4)C3)c2)n1. The van der Waals surface area contributed by atoms with Crippen LogP contribution >= 0.6 is 11.6 Å². The first-order valence-corrected chi connectivity index (χ1v) is 12.9. The van der Waals surface area contributed by atoms with Gasteiger partial charge in [-0.2, -0.15) is 0 Å². The average molecular weight is 531 g/mol. The second-order valence-electron chi connectivity index (χ2n) is 10.1. The van der Waals surface area contributed by atoms with E-state index in [1.165, 1.54) is 9.13 Å². The van der Waals surface area contributed by atoms with Gasteiger partial charge >= 0.3 is 5.69 Å². The summed E-state index contributed by atoms with van der Waals surface area (Å²) < 4.78 is 2.95. The quantitative estimate of drug-likeness (QED) is 0.415. The van der Waals surface area contributed by atoms with Crippen LogP contribution in [0.1, 0.15) is 25.0 Å². The fourth-order valence-electron chi connectivity index (χ4n) is 5.49. The maximum Gasteiger partial charge on any atom is 0.332 e. The molecule has 6 rings (SSSR count). The largest absolute Gasteiger partial charge is 0.505 e. The van der Waals surface area contributed by atoms with E-state index < -0.39 is 0 Å². The molecule has 5 heterocycles. The zero-order valence-electron chi connectivity index (χ0n) is 21.1. The van der Waals surface area contributed by atoms with Crippen LogP contribution in [-0.2, 0) is 11.8 Å². The number of aryl methyl sites for hydroxylation is 2. The lowest BCUT2D eigenvalue weighted by Crippen LogP contribution is -2.44. The van der Waals surface area contributed by atoms with Gasteiger partial charge in [0.05, 0.1) is 16.2 Å². The Hall–Kier alpha value is -4.11. The van der Waals surface area contributed by atoms with E-state index in [0.29, 0.717) is 40.5 Å². The van der Waals surface area contributed by atoms with Gasteiger partial charge in [0.25, 0.3) is 0 Å². The molecule has 1 atom stereocenters. The van der Waals surface area contributed by atoms with E-state index in [0.717, 1.165) is 36.5 Å². The molecule has 2 fully saturated rings. The number of aromatic nitrogens is 4. The number of nitrogens with zero attached hydrogens (tertiary/aromatic N) is 5.